The van der Waals surface area contributed by atoms with Gasteiger partial charge in [-0.3, -0.25) is 9.89 Å². The number of piperidine rings is 1. The smallest absolute Gasteiger partial charge is 0.208 e. The Hall–Kier alpha value is -2.34. The number of oxazole rings is 1. The number of nitrogens with zero attached hydrogens (tertiary/aromatic N) is 3. The normalized spacial score (nSPS) is 17.3. The Morgan fingerprint density at radius 2 is 1.97 bits per heavy atom. The van der Waals surface area contributed by atoms with Crippen LogP contribution in [-0.4, -0.2) is 42.0 Å². The summed E-state index contributed by atoms with van der Waals surface area (Å²) in [7, 11) is 0. The summed E-state index contributed by atoms with van der Waals surface area (Å²) in [6.07, 6.45) is 2.33. The summed E-state index contributed by atoms with van der Waals surface area (Å²) in [5, 5.41) is 6.91. The van der Waals surface area contributed by atoms with Crippen LogP contribution >= 0.6 is 0 Å². The molecule has 0 radical (unpaired) electrons. The summed E-state index contributed by atoms with van der Waals surface area (Å²) in [6.45, 7) is 12.9. The number of aliphatic imine (C=N–C) groups is 1. The number of aryl methyl sites for hydroxylation is 2. The second-order valence-corrected chi connectivity index (χ2v) is 7.97. The fourth-order valence-corrected chi connectivity index (χ4v) is 3.70. The number of likely N-dealkylation sites (tertiary alicyclic amines) is 1. The van der Waals surface area contributed by atoms with Gasteiger partial charge in [0.05, 0.1) is 18.3 Å². The number of hydrogen-bond donors (Lipinski definition) is 2. The average Bonchev–Trinajstić information content (AvgIpc) is 3.05. The Kier molecular flexibility index (Phi) is 7.69. The van der Waals surface area contributed by atoms with Gasteiger partial charge in [0.1, 0.15) is 5.76 Å². The first-order valence-electron chi connectivity index (χ1n) is 10.8. The standard InChI is InChI=1S/C23H35N5O/c1-5-24-23(27-18(3)21-9-7-6-8-10-21)25-15-20-11-13-28(14-12-20)16-22-26-17(2)19(4)29-22/h6-10,18,20H,5,11-16H2,1-4H3,(H2,24,25,27). The van der Waals surface area contributed by atoms with Crippen LogP contribution in [0.4, 0.5) is 0 Å². The maximum absolute atomic E-state index is 5.73. The van der Waals surface area contributed by atoms with Gasteiger partial charge in [-0.05, 0) is 65.1 Å². The Morgan fingerprint density at radius 1 is 1.24 bits per heavy atom. The van der Waals surface area contributed by atoms with E-state index in [1.807, 2.05) is 19.9 Å². The molecule has 1 unspecified atom stereocenters. The Morgan fingerprint density at radius 3 is 2.59 bits per heavy atom. The van der Waals surface area contributed by atoms with E-state index in [0.29, 0.717) is 5.92 Å². The fourth-order valence-electron chi connectivity index (χ4n) is 3.70. The third-order valence-corrected chi connectivity index (χ3v) is 5.64. The van der Waals surface area contributed by atoms with Gasteiger partial charge < -0.3 is 15.1 Å². The number of guanidine groups is 1. The maximum Gasteiger partial charge on any atom is 0.208 e. The zero-order valence-corrected chi connectivity index (χ0v) is 18.2. The van der Waals surface area contributed by atoms with Crippen LogP contribution in [0.2, 0.25) is 0 Å². The molecule has 1 aliphatic heterocycles. The Balaban J connectivity index is 1.47. The third kappa shape index (κ3) is 6.32. The van der Waals surface area contributed by atoms with Gasteiger partial charge in [-0.1, -0.05) is 30.3 Å². The van der Waals surface area contributed by atoms with E-state index in [2.05, 4.69) is 58.6 Å². The van der Waals surface area contributed by atoms with Crippen molar-refractivity contribution in [3.8, 4) is 0 Å². The van der Waals surface area contributed by atoms with Crippen LogP contribution in [0.3, 0.4) is 0 Å². The number of rotatable bonds is 7. The molecule has 1 fully saturated rings. The van der Waals surface area contributed by atoms with Crippen LogP contribution < -0.4 is 10.6 Å². The summed E-state index contributed by atoms with van der Waals surface area (Å²) >= 11 is 0. The van der Waals surface area contributed by atoms with Gasteiger partial charge in [-0.25, -0.2) is 4.98 Å². The molecule has 3 rings (SSSR count). The summed E-state index contributed by atoms with van der Waals surface area (Å²) in [6, 6.07) is 10.7. The van der Waals surface area contributed by atoms with Gasteiger partial charge in [0.25, 0.3) is 0 Å². The highest BCUT2D eigenvalue weighted by atomic mass is 16.4. The van der Waals surface area contributed by atoms with E-state index in [1.54, 1.807) is 0 Å². The fraction of sp³-hybridized carbons (Fsp3) is 0.565. The van der Waals surface area contributed by atoms with Crippen LogP contribution in [0.1, 0.15) is 55.6 Å². The van der Waals surface area contributed by atoms with Crippen molar-refractivity contribution in [3.05, 3.63) is 53.2 Å². The molecule has 1 aromatic carbocycles. The maximum atomic E-state index is 5.73. The lowest BCUT2D eigenvalue weighted by atomic mass is 9.97. The van der Waals surface area contributed by atoms with Crippen molar-refractivity contribution in [2.45, 2.75) is 53.1 Å². The summed E-state index contributed by atoms with van der Waals surface area (Å²) in [4.78, 5) is 11.8. The minimum Gasteiger partial charge on any atom is -0.444 e. The Labute approximate surface area is 174 Å². The molecule has 2 heterocycles. The lowest BCUT2D eigenvalue weighted by Crippen LogP contribution is -2.39. The predicted octanol–water partition coefficient (Wildman–Crippen LogP) is 3.82. The van der Waals surface area contributed by atoms with E-state index in [4.69, 9.17) is 9.41 Å². The van der Waals surface area contributed by atoms with Gasteiger partial charge in [-0.15, -0.1) is 0 Å². The van der Waals surface area contributed by atoms with Gasteiger partial charge in [0, 0.05) is 13.1 Å². The minimum atomic E-state index is 0.226. The molecule has 0 amide bonds. The monoisotopic (exact) mass is 397 g/mol. The second-order valence-electron chi connectivity index (χ2n) is 7.97. The third-order valence-electron chi connectivity index (χ3n) is 5.64. The van der Waals surface area contributed by atoms with Crippen molar-refractivity contribution < 1.29 is 4.42 Å². The summed E-state index contributed by atoms with van der Waals surface area (Å²) in [5.41, 5.74) is 2.26. The molecule has 0 spiro atoms. The van der Waals surface area contributed by atoms with Crippen LogP contribution in [-0.2, 0) is 6.54 Å². The van der Waals surface area contributed by atoms with E-state index < -0.39 is 0 Å². The summed E-state index contributed by atoms with van der Waals surface area (Å²) < 4.78 is 5.73. The van der Waals surface area contributed by atoms with Crippen molar-refractivity contribution in [1.29, 1.82) is 0 Å². The topological polar surface area (TPSA) is 65.7 Å². The van der Waals surface area contributed by atoms with Gasteiger partial charge in [-0.2, -0.15) is 0 Å². The number of benzene rings is 1. The van der Waals surface area contributed by atoms with Crippen LogP contribution in [0, 0.1) is 19.8 Å². The number of nitrogens with one attached hydrogen (secondary N) is 2. The molecule has 1 aromatic heterocycles. The van der Waals surface area contributed by atoms with E-state index in [9.17, 15) is 0 Å². The van der Waals surface area contributed by atoms with Crippen LogP contribution in [0.25, 0.3) is 0 Å². The van der Waals surface area contributed by atoms with E-state index in [-0.39, 0.29) is 6.04 Å². The molecule has 29 heavy (non-hydrogen) atoms. The van der Waals surface area contributed by atoms with Crippen LogP contribution in [0.5, 0.6) is 0 Å². The molecule has 1 saturated heterocycles. The van der Waals surface area contributed by atoms with Crippen LogP contribution in [0.15, 0.2) is 39.7 Å². The molecule has 0 aliphatic carbocycles. The summed E-state index contributed by atoms with van der Waals surface area (Å²) in [5.74, 6) is 3.29. The van der Waals surface area contributed by atoms with Crippen molar-refractivity contribution in [3.63, 3.8) is 0 Å². The zero-order valence-electron chi connectivity index (χ0n) is 18.2. The lowest BCUT2D eigenvalue weighted by molar-refractivity contribution is 0.166. The Bertz CT molecular complexity index is 758. The molecule has 1 aliphatic rings. The molecule has 158 valence electrons. The molecule has 6 heteroatoms. The molecule has 0 saturated carbocycles. The predicted molar refractivity (Wildman–Crippen MR) is 118 cm³/mol. The van der Waals surface area contributed by atoms with Crippen molar-refractivity contribution in [2.75, 3.05) is 26.2 Å². The average molecular weight is 398 g/mol. The quantitative estimate of drug-likeness (QED) is 0.549. The molecular weight excluding hydrogens is 362 g/mol. The highest BCUT2D eigenvalue weighted by Gasteiger charge is 2.21. The first kappa shape index (κ1) is 21.4. The molecule has 2 aromatic rings. The molecular formula is C23H35N5O. The van der Waals surface area contributed by atoms with Gasteiger partial charge >= 0.3 is 0 Å². The highest BCUT2D eigenvalue weighted by molar-refractivity contribution is 5.80. The molecule has 0 bridgehead atoms. The van der Waals surface area contributed by atoms with Gasteiger partial charge in [0.2, 0.25) is 5.89 Å². The molecule has 1 atom stereocenters. The molecule has 2 N–H and O–H groups in total. The van der Waals surface area contributed by atoms with E-state index in [0.717, 1.165) is 68.9 Å². The first-order valence-corrected chi connectivity index (χ1v) is 10.8. The molecule has 6 nitrogen and oxygen atoms in total. The number of aromatic nitrogens is 1. The minimum absolute atomic E-state index is 0.226. The first-order chi connectivity index (χ1) is 14.0. The van der Waals surface area contributed by atoms with Crippen molar-refractivity contribution in [2.24, 2.45) is 10.9 Å². The highest BCUT2D eigenvalue weighted by Crippen LogP contribution is 2.20. The van der Waals surface area contributed by atoms with Gasteiger partial charge in [0.15, 0.2) is 5.96 Å². The van der Waals surface area contributed by atoms with E-state index >= 15 is 0 Å². The van der Waals surface area contributed by atoms with E-state index in [1.165, 1.54) is 5.56 Å². The largest absolute Gasteiger partial charge is 0.444 e. The SMILES string of the molecule is CCNC(=NCC1CCN(Cc2nc(C)c(C)o2)CC1)NC(C)c1ccccc1. The van der Waals surface area contributed by atoms with Crippen molar-refractivity contribution >= 4 is 5.96 Å². The zero-order chi connectivity index (χ0) is 20.6. The van der Waals surface area contributed by atoms with Crippen molar-refractivity contribution in [1.82, 2.24) is 20.5 Å². The second kappa shape index (κ2) is 10.4. The number of hydrogen-bond acceptors (Lipinski definition) is 4. The lowest BCUT2D eigenvalue weighted by Gasteiger charge is -2.30.